The van der Waals surface area contributed by atoms with Crippen LogP contribution in [0.2, 0.25) is 0 Å². The predicted octanol–water partition coefficient (Wildman–Crippen LogP) is 9.36. The first-order chi connectivity index (χ1) is 26.4. The molecule has 0 amide bonds. The van der Waals surface area contributed by atoms with Gasteiger partial charge in [-0.2, -0.15) is 0 Å². The lowest BCUT2D eigenvalue weighted by molar-refractivity contribution is -0.305. The minimum absolute atomic E-state index is 0.122. The van der Waals surface area contributed by atoms with E-state index in [-0.39, 0.29) is 19.2 Å². The Kier molecular flexibility index (Phi) is 34.2. The van der Waals surface area contributed by atoms with Crippen molar-refractivity contribution in [3.05, 3.63) is 48.6 Å². The van der Waals surface area contributed by atoms with Crippen molar-refractivity contribution < 1.29 is 44.2 Å². The number of allylic oxidation sites excluding steroid dienone is 8. The van der Waals surface area contributed by atoms with Gasteiger partial charge in [-0.15, -0.1) is 0 Å². The van der Waals surface area contributed by atoms with Gasteiger partial charge in [0.1, 0.15) is 30.5 Å². The molecule has 1 aliphatic rings. The molecule has 9 heteroatoms. The van der Waals surface area contributed by atoms with Gasteiger partial charge < -0.3 is 39.4 Å². The lowest BCUT2D eigenvalue weighted by Gasteiger charge is -2.39. The average molecular weight is 765 g/mol. The summed E-state index contributed by atoms with van der Waals surface area (Å²) >= 11 is 0. The molecule has 1 fully saturated rings. The number of carbonyl (C=O) groups is 1. The first kappa shape index (κ1) is 50.2. The number of aliphatic hydroxyl groups is 4. The molecule has 4 N–H and O–H groups in total. The molecule has 9 nitrogen and oxygen atoms in total. The van der Waals surface area contributed by atoms with E-state index in [0.29, 0.717) is 13.0 Å². The number of hydrogen-bond donors (Lipinski definition) is 4. The topological polar surface area (TPSA) is 135 Å². The van der Waals surface area contributed by atoms with Crippen LogP contribution in [0.5, 0.6) is 0 Å². The Bertz CT molecular complexity index is 963. The predicted molar refractivity (Wildman–Crippen MR) is 219 cm³/mol. The van der Waals surface area contributed by atoms with Crippen LogP contribution in [-0.2, 0) is 23.7 Å². The summed E-state index contributed by atoms with van der Waals surface area (Å²) in [6.07, 6.45) is 37.0. The molecule has 314 valence electrons. The third kappa shape index (κ3) is 27.7. The third-order valence-electron chi connectivity index (χ3n) is 9.70. The first-order valence-electron chi connectivity index (χ1n) is 21.7. The Hall–Kier alpha value is -1.85. The van der Waals surface area contributed by atoms with Gasteiger partial charge in [0.2, 0.25) is 0 Å². The zero-order valence-electron chi connectivity index (χ0n) is 34.2. The van der Waals surface area contributed by atoms with Crippen LogP contribution in [0.3, 0.4) is 0 Å². The lowest BCUT2D eigenvalue weighted by atomic mass is 9.99. The molecule has 0 bridgehead atoms. The largest absolute Gasteiger partial charge is 0.457 e. The summed E-state index contributed by atoms with van der Waals surface area (Å²) < 4.78 is 22.8. The summed E-state index contributed by atoms with van der Waals surface area (Å²) in [6.45, 7) is 4.43. The standard InChI is InChI=1S/C45H80O9/c1-3-5-7-9-11-13-15-17-19-20-21-22-24-26-28-30-32-34-41(47)53-39(38-52-45-44(50)43(49)42(48)40(36-46)54-45)37-51-35-33-31-29-27-25-23-18-16-14-12-10-8-6-4-2/h8,10-11,13-14,16-17,19,39-40,42-46,48-50H,3-7,9,12,15,18,20-38H2,1-2H3/b10-8-,13-11-,16-14-,19-17-. The molecule has 54 heavy (non-hydrogen) atoms. The Balaban J connectivity index is 2.29. The Morgan fingerprint density at radius 3 is 1.67 bits per heavy atom. The van der Waals surface area contributed by atoms with E-state index in [0.717, 1.165) is 77.0 Å². The molecule has 1 heterocycles. The molecule has 0 aliphatic carbocycles. The zero-order valence-corrected chi connectivity index (χ0v) is 34.2. The molecule has 1 rings (SSSR count). The Labute approximate surface area is 329 Å². The molecule has 0 saturated carbocycles. The monoisotopic (exact) mass is 765 g/mol. The summed E-state index contributed by atoms with van der Waals surface area (Å²) in [5.41, 5.74) is 0. The van der Waals surface area contributed by atoms with Crippen LogP contribution in [0.25, 0.3) is 0 Å². The summed E-state index contributed by atoms with van der Waals surface area (Å²) in [5, 5.41) is 40.1. The van der Waals surface area contributed by atoms with Gasteiger partial charge in [-0.1, -0.05) is 140 Å². The van der Waals surface area contributed by atoms with Gasteiger partial charge in [0.15, 0.2) is 6.29 Å². The van der Waals surface area contributed by atoms with Crippen molar-refractivity contribution in [2.24, 2.45) is 0 Å². The molecule has 0 radical (unpaired) electrons. The fourth-order valence-corrected chi connectivity index (χ4v) is 6.26. The van der Waals surface area contributed by atoms with E-state index >= 15 is 0 Å². The molecule has 1 saturated heterocycles. The summed E-state index contributed by atoms with van der Waals surface area (Å²) in [4.78, 5) is 12.8. The van der Waals surface area contributed by atoms with Crippen molar-refractivity contribution in [2.45, 2.75) is 205 Å². The van der Waals surface area contributed by atoms with Gasteiger partial charge >= 0.3 is 5.97 Å². The van der Waals surface area contributed by atoms with E-state index in [1.165, 1.54) is 70.6 Å². The SMILES string of the molecule is CCC/C=C\C/C=C\CCCCCCCCOCC(COC1OC(CO)C(O)C(O)C1O)OC(=O)CCCCCCCCC/C=C\C/C=C\CCCCC. The van der Waals surface area contributed by atoms with E-state index in [1.807, 2.05) is 0 Å². The number of rotatable bonds is 36. The van der Waals surface area contributed by atoms with E-state index in [9.17, 15) is 25.2 Å². The van der Waals surface area contributed by atoms with Gasteiger partial charge in [0, 0.05) is 13.0 Å². The molecule has 6 atom stereocenters. The van der Waals surface area contributed by atoms with Crippen molar-refractivity contribution >= 4 is 5.97 Å². The highest BCUT2D eigenvalue weighted by molar-refractivity contribution is 5.69. The second kappa shape index (κ2) is 36.8. The molecule has 0 aromatic rings. The fourth-order valence-electron chi connectivity index (χ4n) is 6.26. The van der Waals surface area contributed by atoms with E-state index < -0.39 is 43.4 Å². The minimum atomic E-state index is -1.54. The maximum atomic E-state index is 12.8. The number of ether oxygens (including phenoxy) is 4. The lowest BCUT2D eigenvalue weighted by Crippen LogP contribution is -2.59. The van der Waals surface area contributed by atoms with E-state index in [2.05, 4.69) is 62.5 Å². The third-order valence-corrected chi connectivity index (χ3v) is 9.70. The Morgan fingerprint density at radius 1 is 0.593 bits per heavy atom. The number of esters is 1. The van der Waals surface area contributed by atoms with Crippen LogP contribution < -0.4 is 0 Å². The highest BCUT2D eigenvalue weighted by atomic mass is 16.7. The van der Waals surface area contributed by atoms with Crippen LogP contribution in [0, 0.1) is 0 Å². The number of hydrogen-bond acceptors (Lipinski definition) is 9. The minimum Gasteiger partial charge on any atom is -0.457 e. The molecular weight excluding hydrogens is 684 g/mol. The van der Waals surface area contributed by atoms with Crippen LogP contribution in [0.15, 0.2) is 48.6 Å². The van der Waals surface area contributed by atoms with E-state index in [1.54, 1.807) is 0 Å². The summed E-state index contributed by atoms with van der Waals surface area (Å²) in [6, 6.07) is 0. The van der Waals surface area contributed by atoms with Gasteiger partial charge in [0.05, 0.1) is 19.8 Å². The van der Waals surface area contributed by atoms with Gasteiger partial charge in [-0.25, -0.2) is 0 Å². The molecule has 0 aromatic carbocycles. The maximum Gasteiger partial charge on any atom is 0.306 e. The summed E-state index contributed by atoms with van der Waals surface area (Å²) in [5.74, 6) is -0.327. The summed E-state index contributed by atoms with van der Waals surface area (Å²) in [7, 11) is 0. The molecule has 0 aromatic heterocycles. The van der Waals surface area contributed by atoms with Crippen molar-refractivity contribution in [3.63, 3.8) is 0 Å². The fraction of sp³-hybridized carbons (Fsp3) is 0.800. The molecule has 6 unspecified atom stereocenters. The zero-order chi connectivity index (χ0) is 39.3. The number of unbranched alkanes of at least 4 members (excludes halogenated alkanes) is 17. The smallest absolute Gasteiger partial charge is 0.306 e. The molecule has 1 aliphatic heterocycles. The van der Waals surface area contributed by atoms with Gasteiger partial charge in [-0.3, -0.25) is 4.79 Å². The van der Waals surface area contributed by atoms with Crippen LogP contribution in [0.1, 0.15) is 168 Å². The normalized spacial score (nSPS) is 21.3. The number of carbonyl (C=O) groups excluding carboxylic acids is 1. The first-order valence-corrected chi connectivity index (χ1v) is 21.7. The highest BCUT2D eigenvalue weighted by Crippen LogP contribution is 2.22. The second-order valence-corrected chi connectivity index (χ2v) is 14.8. The van der Waals surface area contributed by atoms with E-state index in [4.69, 9.17) is 18.9 Å². The second-order valence-electron chi connectivity index (χ2n) is 14.8. The maximum absolute atomic E-state index is 12.8. The van der Waals surface area contributed by atoms with Crippen molar-refractivity contribution in [3.8, 4) is 0 Å². The average Bonchev–Trinajstić information content (AvgIpc) is 3.17. The van der Waals surface area contributed by atoms with Crippen molar-refractivity contribution in [1.82, 2.24) is 0 Å². The molecular formula is C45H80O9. The molecule has 0 spiro atoms. The van der Waals surface area contributed by atoms with Crippen LogP contribution in [0.4, 0.5) is 0 Å². The van der Waals surface area contributed by atoms with Crippen molar-refractivity contribution in [1.29, 1.82) is 0 Å². The Morgan fingerprint density at radius 2 is 1.11 bits per heavy atom. The van der Waals surface area contributed by atoms with Gasteiger partial charge in [-0.05, 0) is 70.6 Å². The van der Waals surface area contributed by atoms with Crippen LogP contribution >= 0.6 is 0 Å². The number of aliphatic hydroxyl groups excluding tert-OH is 4. The van der Waals surface area contributed by atoms with Crippen molar-refractivity contribution in [2.75, 3.05) is 26.4 Å². The van der Waals surface area contributed by atoms with Gasteiger partial charge in [0.25, 0.3) is 0 Å². The quantitative estimate of drug-likeness (QED) is 0.0280. The highest BCUT2D eigenvalue weighted by Gasteiger charge is 2.44. The van der Waals surface area contributed by atoms with Crippen LogP contribution in [-0.4, -0.2) is 89.6 Å².